The normalized spacial score (nSPS) is 12.2. The van der Waals surface area contributed by atoms with Gasteiger partial charge in [0.1, 0.15) is 5.58 Å². The van der Waals surface area contributed by atoms with Crippen LogP contribution in [0.1, 0.15) is 37.6 Å². The maximum atomic E-state index is 6.14. The fourth-order valence-corrected chi connectivity index (χ4v) is 5.35. The van der Waals surface area contributed by atoms with Gasteiger partial charge in [0.2, 0.25) is 5.82 Å². The van der Waals surface area contributed by atoms with Gasteiger partial charge in [0.15, 0.2) is 10.8 Å². The third-order valence-corrected chi connectivity index (χ3v) is 6.96. The minimum absolute atomic E-state index is 0.0198. The molecule has 0 unspecified atom stereocenters. The Morgan fingerprint density at radius 3 is 2.76 bits per heavy atom. The van der Waals surface area contributed by atoms with Gasteiger partial charge in [-0.1, -0.05) is 45.0 Å². The Labute approximate surface area is 200 Å². The van der Waals surface area contributed by atoms with E-state index in [0.717, 1.165) is 44.9 Å². The minimum atomic E-state index is 0.0198. The Morgan fingerprint density at radius 2 is 2.00 bits per heavy atom. The molecule has 0 bridgehead atoms. The van der Waals surface area contributed by atoms with Gasteiger partial charge in [0.05, 0.1) is 11.2 Å². The largest absolute Gasteiger partial charge is 0.454 e. The molecule has 1 N–H and O–H groups in total. The third kappa shape index (κ3) is 3.51. The first-order chi connectivity index (χ1) is 16.4. The van der Waals surface area contributed by atoms with Gasteiger partial charge in [0, 0.05) is 39.9 Å². The average Bonchev–Trinajstić information content (AvgIpc) is 3.57. The van der Waals surface area contributed by atoms with Gasteiger partial charge in [-0.15, -0.1) is 21.5 Å². The number of para-hydroxylation sites is 1. The van der Waals surface area contributed by atoms with Crippen LogP contribution in [0.5, 0.6) is 0 Å². The van der Waals surface area contributed by atoms with E-state index in [1.807, 2.05) is 6.07 Å². The highest BCUT2D eigenvalue weighted by Crippen LogP contribution is 2.34. The predicted molar refractivity (Wildman–Crippen MR) is 135 cm³/mol. The first-order valence-electron chi connectivity index (χ1n) is 11.2. The quantitative estimate of drug-likeness (QED) is 0.326. The lowest BCUT2D eigenvalue weighted by Gasteiger charge is -2.13. The van der Waals surface area contributed by atoms with E-state index in [0.29, 0.717) is 5.82 Å². The van der Waals surface area contributed by atoms with Crippen molar-refractivity contribution in [1.29, 1.82) is 0 Å². The Hall–Kier alpha value is -3.78. The summed E-state index contributed by atoms with van der Waals surface area (Å²) in [6.07, 6.45) is 2.11. The van der Waals surface area contributed by atoms with E-state index in [2.05, 4.69) is 101 Å². The van der Waals surface area contributed by atoms with E-state index in [9.17, 15) is 0 Å². The summed E-state index contributed by atoms with van der Waals surface area (Å²) in [5.74, 6) is 1.41. The molecule has 0 aliphatic heterocycles. The molecule has 0 amide bonds. The van der Waals surface area contributed by atoms with Crippen LogP contribution in [-0.4, -0.2) is 30.2 Å². The van der Waals surface area contributed by atoms with Crippen molar-refractivity contribution in [3.63, 3.8) is 0 Å². The van der Waals surface area contributed by atoms with E-state index in [-0.39, 0.29) is 5.41 Å². The Kier molecular flexibility index (Phi) is 4.67. The second kappa shape index (κ2) is 7.63. The van der Waals surface area contributed by atoms with Crippen LogP contribution in [-0.2, 0) is 12.0 Å². The number of aromatic amines is 1. The van der Waals surface area contributed by atoms with Crippen LogP contribution in [0.4, 0.5) is 0 Å². The highest BCUT2D eigenvalue weighted by molar-refractivity contribution is 7.13. The monoisotopic (exact) mass is 468 g/mol. The van der Waals surface area contributed by atoms with Gasteiger partial charge >= 0.3 is 0 Å². The standard InChI is InChI=1S/C26H24N6OS/c1-15-6-5-7-18-19(24-28-30-31-29-24)13-32(23(15)18)12-16-8-9-20-17(10-16)11-21(33-20)25-27-22(14-34-25)26(2,3)4/h5-11,13-14H,12H2,1-4H3,(H,28,29,30,31). The van der Waals surface area contributed by atoms with Crippen molar-refractivity contribution in [1.82, 2.24) is 30.2 Å². The molecule has 6 rings (SSSR count). The third-order valence-electron chi connectivity index (χ3n) is 6.10. The first kappa shape index (κ1) is 20.8. The maximum absolute atomic E-state index is 6.14. The van der Waals surface area contributed by atoms with Gasteiger partial charge in [0.25, 0.3) is 0 Å². The summed E-state index contributed by atoms with van der Waals surface area (Å²) >= 11 is 1.63. The van der Waals surface area contributed by atoms with Crippen LogP contribution < -0.4 is 0 Å². The van der Waals surface area contributed by atoms with Gasteiger partial charge < -0.3 is 8.98 Å². The molecule has 0 saturated heterocycles. The lowest BCUT2D eigenvalue weighted by molar-refractivity contribution is 0.571. The molecular formula is C26H24N6OS. The number of H-pyrrole nitrogens is 1. The molecular weight excluding hydrogens is 444 g/mol. The van der Waals surface area contributed by atoms with Crippen LogP contribution >= 0.6 is 11.3 Å². The number of benzene rings is 2. The van der Waals surface area contributed by atoms with Crippen molar-refractivity contribution in [3.05, 3.63) is 70.9 Å². The molecule has 6 aromatic rings. The highest BCUT2D eigenvalue weighted by Gasteiger charge is 2.20. The number of hydrogen-bond donors (Lipinski definition) is 1. The van der Waals surface area contributed by atoms with Gasteiger partial charge in [-0.05, 0) is 41.5 Å². The predicted octanol–water partition coefficient (Wildman–Crippen LogP) is 6.35. The second-order valence-corrected chi connectivity index (χ2v) is 10.5. The molecule has 0 radical (unpaired) electrons. The van der Waals surface area contributed by atoms with Crippen molar-refractivity contribution in [2.45, 2.75) is 39.7 Å². The van der Waals surface area contributed by atoms with Crippen LogP contribution in [0, 0.1) is 6.92 Å². The SMILES string of the molecule is Cc1cccc2c(-c3nn[nH]n3)cn(Cc3ccc4oc(-c5nc(C(C)(C)C)cs5)cc4c3)c12. The Balaban J connectivity index is 1.38. The average molecular weight is 469 g/mol. The number of aromatic nitrogens is 6. The molecule has 2 aromatic carbocycles. The molecule has 0 aliphatic rings. The van der Waals surface area contributed by atoms with Crippen molar-refractivity contribution in [2.75, 3.05) is 0 Å². The lowest BCUT2D eigenvalue weighted by atomic mass is 9.93. The number of hydrogen-bond acceptors (Lipinski definition) is 6. The highest BCUT2D eigenvalue weighted by atomic mass is 32.1. The maximum Gasteiger partial charge on any atom is 0.206 e. The number of thiazole rings is 1. The van der Waals surface area contributed by atoms with E-state index in [1.165, 1.54) is 16.6 Å². The van der Waals surface area contributed by atoms with E-state index in [4.69, 9.17) is 9.40 Å². The van der Waals surface area contributed by atoms with E-state index in [1.54, 1.807) is 11.3 Å². The Bertz CT molecular complexity index is 1630. The number of rotatable bonds is 4. The van der Waals surface area contributed by atoms with Crippen molar-refractivity contribution in [2.24, 2.45) is 0 Å². The molecule has 7 nitrogen and oxygen atoms in total. The number of furan rings is 1. The fraction of sp³-hybridized carbons (Fsp3) is 0.231. The summed E-state index contributed by atoms with van der Waals surface area (Å²) < 4.78 is 8.40. The van der Waals surface area contributed by atoms with E-state index < -0.39 is 0 Å². The first-order valence-corrected chi connectivity index (χ1v) is 12.1. The lowest BCUT2D eigenvalue weighted by Crippen LogP contribution is -2.11. The number of nitrogens with one attached hydrogen (secondary N) is 1. The molecule has 0 aliphatic carbocycles. The summed E-state index contributed by atoms with van der Waals surface area (Å²) in [7, 11) is 0. The molecule has 170 valence electrons. The number of nitrogens with zero attached hydrogens (tertiary/aromatic N) is 5. The van der Waals surface area contributed by atoms with Crippen molar-refractivity contribution >= 4 is 33.2 Å². The van der Waals surface area contributed by atoms with Crippen LogP contribution in [0.15, 0.2) is 58.5 Å². The summed E-state index contributed by atoms with van der Waals surface area (Å²) in [5.41, 5.74) is 6.51. The number of tetrazole rings is 1. The van der Waals surface area contributed by atoms with E-state index >= 15 is 0 Å². The van der Waals surface area contributed by atoms with Crippen molar-refractivity contribution < 1.29 is 4.42 Å². The molecule has 0 atom stereocenters. The molecule has 0 spiro atoms. The van der Waals surface area contributed by atoms with Gasteiger partial charge in [-0.3, -0.25) is 0 Å². The van der Waals surface area contributed by atoms with Crippen LogP contribution in [0.2, 0.25) is 0 Å². The second-order valence-electron chi connectivity index (χ2n) is 9.65. The molecule has 0 saturated carbocycles. The van der Waals surface area contributed by atoms with Gasteiger partial charge in [-0.2, -0.15) is 5.21 Å². The summed E-state index contributed by atoms with van der Waals surface area (Å²) in [5, 5.41) is 19.9. The van der Waals surface area contributed by atoms with Crippen LogP contribution in [0.3, 0.4) is 0 Å². The zero-order valence-corrected chi connectivity index (χ0v) is 20.3. The number of fused-ring (bicyclic) bond motifs is 2. The molecule has 0 fully saturated rings. The van der Waals surface area contributed by atoms with Crippen LogP contribution in [0.25, 0.3) is 44.0 Å². The molecule has 8 heteroatoms. The Morgan fingerprint density at radius 1 is 1.12 bits per heavy atom. The zero-order valence-electron chi connectivity index (χ0n) is 19.5. The molecule has 4 aromatic heterocycles. The smallest absolute Gasteiger partial charge is 0.206 e. The minimum Gasteiger partial charge on any atom is -0.454 e. The zero-order chi connectivity index (χ0) is 23.4. The summed E-state index contributed by atoms with van der Waals surface area (Å²) in [6.45, 7) is 9.37. The summed E-state index contributed by atoms with van der Waals surface area (Å²) in [4.78, 5) is 4.81. The summed E-state index contributed by atoms with van der Waals surface area (Å²) in [6, 6.07) is 14.8. The fourth-order valence-electron chi connectivity index (χ4n) is 4.35. The van der Waals surface area contributed by atoms with Crippen molar-refractivity contribution in [3.8, 4) is 22.2 Å². The van der Waals surface area contributed by atoms with Gasteiger partial charge in [-0.25, -0.2) is 4.98 Å². The number of aryl methyl sites for hydroxylation is 1. The topological polar surface area (TPSA) is 85.4 Å². The molecule has 4 heterocycles. The molecule has 34 heavy (non-hydrogen) atoms.